The van der Waals surface area contributed by atoms with Crippen LogP contribution in [0.25, 0.3) is 5.69 Å². The van der Waals surface area contributed by atoms with Crippen molar-refractivity contribution < 1.29 is 8.42 Å². The highest BCUT2D eigenvalue weighted by atomic mass is 35.5. The monoisotopic (exact) mass is 394 g/mol. The van der Waals surface area contributed by atoms with Crippen molar-refractivity contribution in [2.75, 3.05) is 11.5 Å². The number of nitrogens with zero attached hydrogens (tertiary/aromatic N) is 4. The van der Waals surface area contributed by atoms with Gasteiger partial charge in [-0.3, -0.25) is 0 Å². The van der Waals surface area contributed by atoms with E-state index in [1.54, 1.807) is 16.8 Å². The van der Waals surface area contributed by atoms with Gasteiger partial charge in [-0.25, -0.2) is 8.42 Å². The van der Waals surface area contributed by atoms with Crippen LogP contribution < -0.4 is 0 Å². The first-order chi connectivity index (χ1) is 12.0. The molecule has 6 nitrogen and oxygen atoms in total. The first-order valence-corrected chi connectivity index (χ1v) is 10.4. The first kappa shape index (κ1) is 17.9. The molecule has 0 atom stereocenters. The summed E-state index contributed by atoms with van der Waals surface area (Å²) >= 11 is 7.09. The molecule has 0 saturated carbocycles. The number of benzene rings is 2. The van der Waals surface area contributed by atoms with E-state index in [-0.39, 0.29) is 10.6 Å². The molecule has 0 saturated heterocycles. The molecule has 0 bridgehead atoms. The first-order valence-electron chi connectivity index (χ1n) is 7.42. The molecule has 0 aliphatic rings. The van der Waals surface area contributed by atoms with Crippen molar-refractivity contribution in [2.45, 2.75) is 17.0 Å². The Balaban J connectivity index is 1.68. The van der Waals surface area contributed by atoms with Crippen molar-refractivity contribution in [3.63, 3.8) is 0 Å². The van der Waals surface area contributed by atoms with E-state index in [0.29, 0.717) is 15.9 Å². The Morgan fingerprint density at radius 1 is 1.08 bits per heavy atom. The van der Waals surface area contributed by atoms with Crippen LogP contribution in [0.2, 0.25) is 5.02 Å². The van der Waals surface area contributed by atoms with E-state index in [4.69, 9.17) is 11.6 Å². The molecule has 1 heterocycles. The van der Waals surface area contributed by atoms with Gasteiger partial charge in [0.05, 0.1) is 16.3 Å². The number of aryl methyl sites for hydroxylation is 1. The van der Waals surface area contributed by atoms with Crippen LogP contribution in [-0.2, 0) is 9.84 Å². The second-order valence-corrected chi connectivity index (χ2v) is 8.94. The van der Waals surface area contributed by atoms with Gasteiger partial charge in [-0.2, -0.15) is 4.68 Å². The average Bonchev–Trinajstić information content (AvgIpc) is 3.04. The van der Waals surface area contributed by atoms with Crippen molar-refractivity contribution in [1.29, 1.82) is 0 Å². The number of rotatable bonds is 6. The number of hydrogen-bond acceptors (Lipinski definition) is 6. The maximum absolute atomic E-state index is 12.3. The number of hydrogen-bond donors (Lipinski definition) is 0. The highest BCUT2D eigenvalue weighted by Crippen LogP contribution is 2.21. The zero-order valence-corrected chi connectivity index (χ0v) is 15.7. The maximum atomic E-state index is 12.3. The second kappa shape index (κ2) is 7.55. The van der Waals surface area contributed by atoms with Gasteiger partial charge >= 0.3 is 0 Å². The van der Waals surface area contributed by atoms with Gasteiger partial charge < -0.3 is 0 Å². The second-order valence-electron chi connectivity index (χ2n) is 5.33. The van der Waals surface area contributed by atoms with Crippen molar-refractivity contribution in [3.8, 4) is 5.69 Å². The van der Waals surface area contributed by atoms with Crippen LogP contribution in [0.4, 0.5) is 0 Å². The quantitative estimate of drug-likeness (QED) is 0.597. The Bertz CT molecular complexity index is 955. The van der Waals surface area contributed by atoms with E-state index >= 15 is 0 Å². The van der Waals surface area contributed by atoms with E-state index in [2.05, 4.69) is 15.5 Å². The molecule has 3 rings (SSSR count). The van der Waals surface area contributed by atoms with E-state index in [1.807, 2.05) is 31.2 Å². The molecule has 1 aromatic heterocycles. The molecule has 0 aliphatic heterocycles. The van der Waals surface area contributed by atoms with Gasteiger partial charge in [0, 0.05) is 10.8 Å². The van der Waals surface area contributed by atoms with E-state index in [9.17, 15) is 8.42 Å². The fourth-order valence-corrected chi connectivity index (χ4v) is 4.78. The van der Waals surface area contributed by atoms with Crippen LogP contribution in [0.1, 0.15) is 5.56 Å². The summed E-state index contributed by atoms with van der Waals surface area (Å²) in [5.41, 5.74) is 1.97. The average molecular weight is 395 g/mol. The fourth-order valence-electron chi connectivity index (χ4n) is 2.12. The lowest BCUT2D eigenvalue weighted by molar-refractivity contribution is 0.597. The van der Waals surface area contributed by atoms with Crippen LogP contribution in [-0.4, -0.2) is 40.1 Å². The molecule has 9 heteroatoms. The van der Waals surface area contributed by atoms with Gasteiger partial charge in [-0.15, -0.1) is 5.10 Å². The molecule has 0 fully saturated rings. The Labute approximate surface area is 155 Å². The molecule has 0 radical (unpaired) electrons. The van der Waals surface area contributed by atoms with Crippen LogP contribution in [0.5, 0.6) is 0 Å². The number of aromatic nitrogens is 4. The molecule has 0 aliphatic carbocycles. The van der Waals surface area contributed by atoms with Gasteiger partial charge in [-0.05, 0) is 53.7 Å². The summed E-state index contributed by atoms with van der Waals surface area (Å²) in [6.45, 7) is 2.00. The SMILES string of the molecule is Cc1ccc(-n2nnnc2SCCS(=O)(=O)c2ccc(Cl)cc2)cc1. The molecular formula is C16H15ClN4O2S2. The number of sulfone groups is 1. The Kier molecular flexibility index (Phi) is 5.41. The summed E-state index contributed by atoms with van der Waals surface area (Å²) in [5, 5.41) is 12.7. The molecule has 3 aromatic rings. The van der Waals surface area contributed by atoms with Gasteiger partial charge in [0.25, 0.3) is 0 Å². The lowest BCUT2D eigenvalue weighted by atomic mass is 10.2. The third kappa shape index (κ3) is 4.39. The normalized spacial score (nSPS) is 11.6. The topological polar surface area (TPSA) is 77.7 Å². The minimum atomic E-state index is -3.37. The van der Waals surface area contributed by atoms with Crippen molar-refractivity contribution in [3.05, 3.63) is 59.1 Å². The molecule has 0 N–H and O–H groups in total. The molecule has 0 amide bonds. The Morgan fingerprint density at radius 3 is 2.44 bits per heavy atom. The van der Waals surface area contributed by atoms with Crippen LogP contribution in [0.15, 0.2) is 58.6 Å². The van der Waals surface area contributed by atoms with Gasteiger partial charge in [0.2, 0.25) is 5.16 Å². The predicted molar refractivity (Wildman–Crippen MR) is 98.1 cm³/mol. The lowest BCUT2D eigenvalue weighted by Gasteiger charge is -2.06. The van der Waals surface area contributed by atoms with E-state index < -0.39 is 9.84 Å². The molecule has 0 unspecified atom stereocenters. The van der Waals surface area contributed by atoms with E-state index in [1.165, 1.54) is 23.9 Å². The zero-order valence-electron chi connectivity index (χ0n) is 13.3. The largest absolute Gasteiger partial charge is 0.224 e. The molecule has 2 aromatic carbocycles. The van der Waals surface area contributed by atoms with Crippen molar-refractivity contribution >= 4 is 33.2 Å². The van der Waals surface area contributed by atoms with Gasteiger partial charge in [0.1, 0.15) is 0 Å². The van der Waals surface area contributed by atoms with Crippen molar-refractivity contribution in [1.82, 2.24) is 20.2 Å². The summed E-state index contributed by atoms with van der Waals surface area (Å²) in [5.74, 6) is 0.331. The number of thioether (sulfide) groups is 1. The smallest absolute Gasteiger partial charge is 0.214 e. The summed E-state index contributed by atoms with van der Waals surface area (Å²) in [6, 6.07) is 13.9. The third-order valence-corrected chi connectivity index (χ3v) is 6.64. The number of halogens is 1. The van der Waals surface area contributed by atoms with Gasteiger partial charge in [-0.1, -0.05) is 41.1 Å². The highest BCUT2D eigenvalue weighted by Gasteiger charge is 2.16. The number of tetrazole rings is 1. The van der Waals surface area contributed by atoms with Gasteiger partial charge in [0.15, 0.2) is 9.84 Å². The minimum absolute atomic E-state index is 0.0138. The van der Waals surface area contributed by atoms with Crippen LogP contribution >= 0.6 is 23.4 Å². The summed E-state index contributed by atoms with van der Waals surface area (Å²) in [6.07, 6.45) is 0. The summed E-state index contributed by atoms with van der Waals surface area (Å²) in [4.78, 5) is 0.260. The zero-order chi connectivity index (χ0) is 17.9. The van der Waals surface area contributed by atoms with Crippen LogP contribution in [0, 0.1) is 6.92 Å². The molecule has 25 heavy (non-hydrogen) atoms. The predicted octanol–water partition coefficient (Wildman–Crippen LogP) is 3.19. The summed E-state index contributed by atoms with van der Waals surface area (Å²) < 4.78 is 26.3. The summed E-state index contributed by atoms with van der Waals surface area (Å²) in [7, 11) is -3.37. The third-order valence-electron chi connectivity index (χ3n) is 3.48. The lowest BCUT2D eigenvalue weighted by Crippen LogP contribution is -2.09. The fraction of sp³-hybridized carbons (Fsp3) is 0.188. The van der Waals surface area contributed by atoms with E-state index in [0.717, 1.165) is 11.3 Å². The molecular weight excluding hydrogens is 380 g/mol. The highest BCUT2D eigenvalue weighted by molar-refractivity contribution is 8.00. The minimum Gasteiger partial charge on any atom is -0.224 e. The Morgan fingerprint density at radius 2 is 1.76 bits per heavy atom. The van der Waals surface area contributed by atoms with Crippen molar-refractivity contribution in [2.24, 2.45) is 0 Å². The standard InChI is InChI=1S/C16H15ClN4O2S2/c1-12-2-6-14(7-3-12)21-16(18-19-20-21)24-10-11-25(22,23)15-8-4-13(17)5-9-15/h2-9H,10-11H2,1H3. The molecule has 130 valence electrons. The Hall–Kier alpha value is -1.90. The maximum Gasteiger partial charge on any atom is 0.214 e. The van der Waals surface area contributed by atoms with Crippen LogP contribution in [0.3, 0.4) is 0 Å². The molecule has 0 spiro atoms.